The van der Waals surface area contributed by atoms with Gasteiger partial charge in [-0.25, -0.2) is 0 Å². The molecule has 7 rings (SSSR count). The molecule has 0 fully saturated rings. The van der Waals surface area contributed by atoms with E-state index in [4.69, 9.17) is 14.5 Å². The van der Waals surface area contributed by atoms with Gasteiger partial charge >= 0.3 is 0 Å². The van der Waals surface area contributed by atoms with Gasteiger partial charge in [-0.1, -0.05) is 11.8 Å². The van der Waals surface area contributed by atoms with Gasteiger partial charge in [-0.05, 0) is 85.8 Å². The summed E-state index contributed by atoms with van der Waals surface area (Å²) in [6.45, 7) is 11.0. The molecule has 320 valence electrons. The fourth-order valence-corrected chi connectivity index (χ4v) is 10.9. The maximum atomic E-state index is 11.7. The van der Waals surface area contributed by atoms with Crippen LogP contribution in [-0.2, 0) is 10.1 Å². The molecule has 3 N–H and O–H groups in total. The number of thiophene rings is 2. The molecule has 0 saturated carbocycles. The second kappa shape index (κ2) is 19.7. The van der Waals surface area contributed by atoms with Crippen molar-refractivity contribution in [2.75, 3.05) is 72.3 Å². The standard InChI is InChI=1S/C37H41N13O5S6/c1-7-49(8-2)27-17-23(25(19-29(27)54-5)43-45-31-21-11-13-56-33(21)47-59-31)38-35-40-36(42-37(41-35)58-15-16-61(51,52)53)39-24-18-28(50(9-3)10-4)30(55-6)20-26(24)44-46-32-22-12-14-57-34(22)48-60-32/h11-14,17-20H,7-10,15-16H2,1-6H3,(H,51,52,53)(H2,38,39,40,41,42). The predicted molar refractivity (Wildman–Crippen MR) is 250 cm³/mol. The molecule has 5 heterocycles. The number of anilines is 6. The Morgan fingerprint density at radius 2 is 1.16 bits per heavy atom. The molecular formula is C37H41N13O5S6. The van der Waals surface area contributed by atoms with Crippen molar-refractivity contribution in [2.24, 2.45) is 20.5 Å². The molecule has 0 radical (unpaired) electrons. The van der Waals surface area contributed by atoms with E-state index in [0.29, 0.717) is 70.4 Å². The molecule has 0 saturated heterocycles. The van der Waals surface area contributed by atoms with Gasteiger partial charge in [-0.2, -0.15) is 32.1 Å². The molecule has 0 spiro atoms. The zero-order valence-electron chi connectivity index (χ0n) is 33.8. The van der Waals surface area contributed by atoms with Crippen LogP contribution in [-0.4, -0.2) is 88.6 Å². The van der Waals surface area contributed by atoms with Gasteiger partial charge in [-0.15, -0.1) is 43.1 Å². The number of azo groups is 2. The monoisotopic (exact) mass is 939 g/mol. The largest absolute Gasteiger partial charge is 0.494 e. The molecule has 0 amide bonds. The molecule has 61 heavy (non-hydrogen) atoms. The average Bonchev–Trinajstić information content (AvgIpc) is 4.06. The molecule has 2 aromatic carbocycles. The highest BCUT2D eigenvalue weighted by molar-refractivity contribution is 8.00. The summed E-state index contributed by atoms with van der Waals surface area (Å²) >= 11 is 6.62. The van der Waals surface area contributed by atoms with E-state index in [9.17, 15) is 13.0 Å². The number of nitrogens with one attached hydrogen (secondary N) is 2. The zero-order valence-corrected chi connectivity index (χ0v) is 38.7. The first kappa shape index (κ1) is 44.0. The molecule has 0 aliphatic heterocycles. The van der Waals surface area contributed by atoms with Crippen molar-refractivity contribution in [3.63, 3.8) is 0 Å². The van der Waals surface area contributed by atoms with Crippen LogP contribution in [0.2, 0.25) is 0 Å². The molecule has 0 aliphatic carbocycles. The molecule has 0 aliphatic rings. The maximum Gasteiger partial charge on any atom is 0.265 e. The number of hydrogen-bond donors (Lipinski definition) is 3. The molecule has 5 aromatic heterocycles. The van der Waals surface area contributed by atoms with Crippen molar-refractivity contribution in [2.45, 2.75) is 32.9 Å². The third kappa shape index (κ3) is 10.3. The highest BCUT2D eigenvalue weighted by atomic mass is 32.2. The first-order valence-electron chi connectivity index (χ1n) is 18.9. The van der Waals surface area contributed by atoms with E-state index in [-0.39, 0.29) is 22.8 Å². The van der Waals surface area contributed by atoms with Crippen molar-refractivity contribution in [1.29, 1.82) is 0 Å². The Labute approximate surface area is 372 Å². The summed E-state index contributed by atoms with van der Waals surface area (Å²) in [6.07, 6.45) is 0. The molecule has 7 aromatic rings. The first-order chi connectivity index (χ1) is 29.5. The summed E-state index contributed by atoms with van der Waals surface area (Å²) in [4.78, 5) is 20.2. The lowest BCUT2D eigenvalue weighted by Gasteiger charge is -2.25. The number of thioether (sulfide) groups is 1. The number of aromatic nitrogens is 5. The Morgan fingerprint density at radius 3 is 1.57 bits per heavy atom. The smallest absolute Gasteiger partial charge is 0.265 e. The SMILES string of the molecule is CCN(CC)c1cc(Nc2nc(Nc3cc(N(CC)CC)c(OC)cc3N=Nc3snc4sccc34)nc(SCCS(=O)(=O)O)n2)c(N=Nc2snc3sccc23)cc1OC. The number of ether oxygens (including phenoxy) is 2. The first-order valence-corrected chi connectivity index (χ1v) is 24.8. The Morgan fingerprint density at radius 1 is 0.705 bits per heavy atom. The number of benzene rings is 2. The summed E-state index contributed by atoms with van der Waals surface area (Å²) in [5.41, 5.74) is 3.50. The van der Waals surface area contributed by atoms with Gasteiger partial charge in [-0.3, -0.25) is 4.55 Å². The van der Waals surface area contributed by atoms with E-state index in [1.807, 2.05) is 35.0 Å². The van der Waals surface area contributed by atoms with Crippen LogP contribution in [0.15, 0.2) is 72.8 Å². The van der Waals surface area contributed by atoms with Crippen LogP contribution >= 0.6 is 57.5 Å². The Hall–Kier alpha value is -5.11. The summed E-state index contributed by atoms with van der Waals surface area (Å²) in [7, 11) is -1.04. The topological polar surface area (TPSA) is 217 Å². The van der Waals surface area contributed by atoms with Crippen molar-refractivity contribution in [1.82, 2.24) is 23.7 Å². The highest BCUT2D eigenvalue weighted by Gasteiger charge is 2.20. The third-order valence-electron chi connectivity index (χ3n) is 9.16. The fraction of sp³-hybridized carbons (Fsp3) is 0.324. The normalized spacial score (nSPS) is 12.0. The van der Waals surface area contributed by atoms with Crippen LogP contribution in [0.3, 0.4) is 0 Å². The predicted octanol–water partition coefficient (Wildman–Crippen LogP) is 11.2. The highest BCUT2D eigenvalue weighted by Crippen LogP contribution is 2.44. The minimum atomic E-state index is -4.25. The van der Waals surface area contributed by atoms with E-state index < -0.39 is 15.9 Å². The molecule has 24 heteroatoms. The average molecular weight is 940 g/mol. The number of rotatable bonds is 20. The van der Waals surface area contributed by atoms with Gasteiger partial charge in [0.2, 0.25) is 11.9 Å². The van der Waals surface area contributed by atoms with Gasteiger partial charge in [0.05, 0.1) is 53.5 Å². The van der Waals surface area contributed by atoms with Gasteiger partial charge in [0.1, 0.15) is 32.5 Å². The second-order valence-electron chi connectivity index (χ2n) is 12.7. The van der Waals surface area contributed by atoms with Crippen LogP contribution in [0, 0.1) is 0 Å². The number of fused-ring (bicyclic) bond motifs is 2. The van der Waals surface area contributed by atoms with Crippen LogP contribution < -0.4 is 29.9 Å². The van der Waals surface area contributed by atoms with Crippen molar-refractivity contribution >= 4 is 144 Å². The molecule has 0 atom stereocenters. The van der Waals surface area contributed by atoms with Crippen LogP contribution in [0.1, 0.15) is 27.7 Å². The Balaban J connectivity index is 1.33. The lowest BCUT2D eigenvalue weighted by molar-refractivity contribution is 0.414. The second-order valence-corrected chi connectivity index (χ2v) is 18.7. The van der Waals surface area contributed by atoms with Crippen LogP contribution in [0.5, 0.6) is 11.5 Å². The van der Waals surface area contributed by atoms with Crippen molar-refractivity contribution in [3.8, 4) is 11.5 Å². The minimum Gasteiger partial charge on any atom is -0.494 e. The summed E-state index contributed by atoms with van der Waals surface area (Å²) in [6, 6.07) is 11.3. The van der Waals surface area contributed by atoms with Crippen LogP contribution in [0.4, 0.5) is 56.0 Å². The van der Waals surface area contributed by atoms with E-state index in [1.165, 1.54) is 45.7 Å². The third-order valence-corrected chi connectivity index (χ3v) is 14.3. The zero-order chi connectivity index (χ0) is 43.1. The van der Waals surface area contributed by atoms with E-state index in [2.05, 4.69) is 87.3 Å². The number of methoxy groups -OCH3 is 2. The Bertz CT molecular complexity index is 2630. The van der Waals surface area contributed by atoms with Crippen molar-refractivity contribution < 1.29 is 22.4 Å². The van der Waals surface area contributed by atoms with E-state index in [1.54, 1.807) is 26.4 Å². The minimum absolute atomic E-state index is 0.0260. The van der Waals surface area contributed by atoms with Crippen LogP contribution in [0.25, 0.3) is 20.4 Å². The van der Waals surface area contributed by atoms with E-state index in [0.717, 1.165) is 43.6 Å². The molecular weight excluding hydrogens is 899 g/mol. The van der Waals surface area contributed by atoms with Crippen molar-refractivity contribution in [3.05, 3.63) is 47.2 Å². The lowest BCUT2D eigenvalue weighted by atomic mass is 10.2. The van der Waals surface area contributed by atoms with Gasteiger partial charge in [0.15, 0.2) is 15.2 Å². The van der Waals surface area contributed by atoms with Gasteiger partial charge < -0.3 is 29.9 Å². The molecule has 0 bridgehead atoms. The van der Waals surface area contributed by atoms with Gasteiger partial charge in [0, 0.05) is 44.1 Å². The summed E-state index contributed by atoms with van der Waals surface area (Å²) in [5.74, 6) is 0.878. The van der Waals surface area contributed by atoms with E-state index >= 15 is 0 Å². The quantitative estimate of drug-likeness (QED) is 0.0368. The summed E-state index contributed by atoms with van der Waals surface area (Å²) in [5, 5.41) is 32.4. The number of nitrogens with zero attached hydrogens (tertiary/aromatic N) is 11. The van der Waals surface area contributed by atoms with Gasteiger partial charge in [0.25, 0.3) is 10.1 Å². The molecule has 0 unspecified atom stereocenters. The maximum absolute atomic E-state index is 11.7. The summed E-state index contributed by atoms with van der Waals surface area (Å²) < 4.78 is 53.5. The Kier molecular flexibility index (Phi) is 14.2. The molecule has 18 nitrogen and oxygen atoms in total. The fourth-order valence-electron chi connectivity index (χ4n) is 6.12. The number of hydrogen-bond acceptors (Lipinski definition) is 22. The lowest BCUT2D eigenvalue weighted by Crippen LogP contribution is -2.22.